The second-order valence-electron chi connectivity index (χ2n) is 4.74. The fraction of sp³-hybridized carbons (Fsp3) is 0.200. The summed E-state index contributed by atoms with van der Waals surface area (Å²) in [6.45, 7) is 1.99. The summed E-state index contributed by atoms with van der Waals surface area (Å²) in [6.07, 6.45) is 5.52. The van der Waals surface area contributed by atoms with Gasteiger partial charge in [-0.25, -0.2) is 4.79 Å². The Morgan fingerprint density at radius 3 is 2.96 bits per heavy atom. The third-order valence-electron chi connectivity index (χ3n) is 3.21. The molecule has 0 spiro atoms. The van der Waals surface area contributed by atoms with E-state index in [1.807, 2.05) is 6.92 Å². The Bertz CT molecular complexity index is 998. The summed E-state index contributed by atoms with van der Waals surface area (Å²) in [5, 5.41) is 7.47. The summed E-state index contributed by atoms with van der Waals surface area (Å²) in [5.41, 5.74) is 1.02. The van der Waals surface area contributed by atoms with Gasteiger partial charge < -0.3 is 4.74 Å². The van der Waals surface area contributed by atoms with Crippen LogP contribution in [-0.2, 0) is 13.7 Å². The van der Waals surface area contributed by atoms with Crippen LogP contribution in [0.15, 0.2) is 29.0 Å². The Morgan fingerprint density at radius 1 is 1.48 bits per heavy atom. The smallest absolute Gasteiger partial charge is 0.369 e. The third-order valence-corrected chi connectivity index (χ3v) is 4.02. The Hall–Kier alpha value is -2.92. The zero-order valence-corrected chi connectivity index (χ0v) is 13.3. The first-order chi connectivity index (χ1) is 11.5. The molecular weight excluding hydrogens is 314 g/mol. The molecule has 0 unspecified atom stereocenters. The molecule has 0 fully saturated rings. The average Bonchev–Trinajstić information content (AvgIpc) is 3.10. The molecule has 8 heteroatoms. The van der Waals surface area contributed by atoms with Crippen molar-refractivity contribution < 1.29 is 6.11 Å². The lowest BCUT2D eigenvalue weighted by Crippen LogP contribution is -2.23. The van der Waals surface area contributed by atoms with Crippen molar-refractivity contribution in [1.29, 1.82) is 0 Å². The molecule has 1 aromatic carbocycles. The number of benzene rings is 1. The molecular formula is C15H13N5O2S. The minimum absolute atomic E-state index is 0.132. The third kappa shape index (κ3) is 2.74. The van der Waals surface area contributed by atoms with Crippen molar-refractivity contribution in [3.8, 4) is 23.9 Å². The van der Waals surface area contributed by atoms with E-state index in [-0.39, 0.29) is 6.61 Å². The first-order valence-corrected chi connectivity index (χ1v) is 7.43. The van der Waals surface area contributed by atoms with Crippen molar-refractivity contribution in [3.05, 3.63) is 50.7 Å². The Morgan fingerprint density at radius 2 is 2.30 bits per heavy atom. The van der Waals surface area contributed by atoms with E-state index in [4.69, 9.17) is 12.5 Å². The van der Waals surface area contributed by atoms with Crippen LogP contribution in [0.2, 0.25) is 0 Å². The molecule has 0 bridgehead atoms. The van der Waals surface area contributed by atoms with E-state index in [9.17, 15) is 4.79 Å². The van der Waals surface area contributed by atoms with E-state index in [1.165, 1.54) is 7.05 Å². The van der Waals surface area contributed by atoms with Gasteiger partial charge in [-0.1, -0.05) is 24.1 Å². The van der Waals surface area contributed by atoms with Gasteiger partial charge in [-0.15, -0.1) is 11.1 Å². The van der Waals surface area contributed by atoms with E-state index in [1.54, 1.807) is 18.2 Å². The average molecular weight is 329 g/mol. The highest BCUT2D eigenvalue weighted by molar-refractivity contribution is 7.06. The van der Waals surface area contributed by atoms with Gasteiger partial charge in [-0.05, 0) is 40.5 Å². The number of tetrazole rings is 1. The van der Waals surface area contributed by atoms with Crippen molar-refractivity contribution in [2.45, 2.75) is 13.5 Å². The maximum atomic E-state index is 12.0. The van der Waals surface area contributed by atoms with Gasteiger partial charge >= 0.3 is 5.69 Å². The number of para-hydroxylation sites is 1. The Kier molecular flexibility index (Phi) is 3.62. The largest absolute Gasteiger partial charge is 0.488 e. The van der Waals surface area contributed by atoms with Gasteiger partial charge in [0, 0.05) is 7.05 Å². The normalized spacial score (nSPS) is 11.1. The maximum Gasteiger partial charge on any atom is 0.369 e. The second kappa shape index (κ2) is 6.06. The zero-order valence-electron chi connectivity index (χ0n) is 13.5. The predicted octanol–water partition coefficient (Wildman–Crippen LogP) is 1.29. The molecule has 2 aromatic heterocycles. The molecule has 0 atom stereocenters. The first kappa shape index (κ1) is 13.7. The van der Waals surface area contributed by atoms with Crippen LogP contribution in [0.1, 0.15) is 17.4 Å². The SMILES string of the molecule is [3H]c1ccc(OCc2c(-n3nnn(C)c3=O)nsc2C#C)c(C)c1. The maximum absolute atomic E-state index is 12.0. The molecule has 0 radical (unpaired) electrons. The van der Waals surface area contributed by atoms with Gasteiger partial charge in [0.1, 0.15) is 17.2 Å². The fourth-order valence-corrected chi connectivity index (χ4v) is 2.65. The van der Waals surface area contributed by atoms with Crippen LogP contribution >= 0.6 is 11.5 Å². The van der Waals surface area contributed by atoms with Crippen molar-refractivity contribution >= 4 is 11.5 Å². The number of aromatic nitrogens is 5. The number of terminal acetylenes is 1. The van der Waals surface area contributed by atoms with Crippen LogP contribution in [0.4, 0.5) is 0 Å². The molecule has 3 aromatic rings. The van der Waals surface area contributed by atoms with Crippen LogP contribution < -0.4 is 10.4 Å². The molecule has 0 aliphatic rings. The highest BCUT2D eigenvalue weighted by Crippen LogP contribution is 2.24. The summed E-state index contributed by atoms with van der Waals surface area (Å²) < 4.78 is 19.8. The molecule has 0 saturated heterocycles. The minimum Gasteiger partial charge on any atom is -0.488 e. The van der Waals surface area contributed by atoms with E-state index >= 15 is 0 Å². The van der Waals surface area contributed by atoms with Crippen LogP contribution in [0.5, 0.6) is 5.75 Å². The van der Waals surface area contributed by atoms with Crippen molar-refractivity contribution in [3.63, 3.8) is 0 Å². The highest BCUT2D eigenvalue weighted by Gasteiger charge is 2.19. The van der Waals surface area contributed by atoms with Gasteiger partial charge in [0.25, 0.3) is 0 Å². The second-order valence-corrected chi connectivity index (χ2v) is 5.51. The number of aryl methyl sites for hydroxylation is 2. The van der Waals surface area contributed by atoms with Crippen LogP contribution in [0.3, 0.4) is 0 Å². The minimum atomic E-state index is -0.417. The van der Waals surface area contributed by atoms with E-state index < -0.39 is 5.69 Å². The van der Waals surface area contributed by atoms with Crippen molar-refractivity contribution in [2.75, 3.05) is 0 Å². The lowest BCUT2D eigenvalue weighted by atomic mass is 10.2. The molecule has 23 heavy (non-hydrogen) atoms. The molecule has 2 heterocycles. The van der Waals surface area contributed by atoms with Crippen LogP contribution in [0.25, 0.3) is 5.82 Å². The zero-order chi connectivity index (χ0) is 17.3. The topological polar surface area (TPSA) is 74.8 Å². The van der Waals surface area contributed by atoms with Crippen molar-refractivity contribution in [2.24, 2.45) is 7.05 Å². The molecule has 0 aliphatic heterocycles. The molecule has 0 amide bonds. The molecule has 3 rings (SSSR count). The Balaban J connectivity index is 1.96. The van der Waals surface area contributed by atoms with Gasteiger partial charge in [0.15, 0.2) is 5.82 Å². The summed E-state index contributed by atoms with van der Waals surface area (Å²) >= 11 is 1.10. The number of rotatable bonds is 4. The number of hydrogen-bond acceptors (Lipinski definition) is 6. The van der Waals surface area contributed by atoms with Gasteiger partial charge in [-0.3, -0.25) is 0 Å². The molecule has 7 nitrogen and oxygen atoms in total. The number of nitrogens with zero attached hydrogens (tertiary/aromatic N) is 5. The Labute approximate surface area is 137 Å². The standard InChI is InChI=1S/C15H13N5O2S/c1-4-13-11(9-22-12-8-6-5-7-10(12)2)14(16-23-13)20-15(21)19(3)17-18-20/h1,5-8H,9H2,2-3H3/i5T. The number of hydrogen-bond donors (Lipinski definition) is 0. The molecule has 0 aliphatic carbocycles. The first-order valence-electron chi connectivity index (χ1n) is 7.16. The molecule has 116 valence electrons. The van der Waals surface area contributed by atoms with Gasteiger partial charge in [-0.2, -0.15) is 9.06 Å². The summed E-state index contributed by atoms with van der Waals surface area (Å²) in [7, 11) is 1.50. The lowest BCUT2D eigenvalue weighted by Gasteiger charge is -2.09. The van der Waals surface area contributed by atoms with E-state index in [0.29, 0.717) is 28.1 Å². The van der Waals surface area contributed by atoms with Crippen LogP contribution in [-0.4, -0.2) is 24.2 Å². The fourth-order valence-electron chi connectivity index (χ4n) is 1.97. The van der Waals surface area contributed by atoms with Gasteiger partial charge in [0.2, 0.25) is 0 Å². The lowest BCUT2D eigenvalue weighted by molar-refractivity contribution is 0.303. The van der Waals surface area contributed by atoms with Gasteiger partial charge in [0.05, 0.1) is 6.93 Å². The number of ether oxygens (including phenoxy) is 1. The summed E-state index contributed by atoms with van der Waals surface area (Å²) in [6, 6.07) is 5.48. The quantitative estimate of drug-likeness (QED) is 0.674. The van der Waals surface area contributed by atoms with Crippen molar-refractivity contribution in [1.82, 2.24) is 24.2 Å². The summed E-state index contributed by atoms with van der Waals surface area (Å²) in [4.78, 5) is 12.6. The molecule has 0 N–H and O–H groups in total. The summed E-state index contributed by atoms with van der Waals surface area (Å²) in [5.74, 6) is 3.50. The highest BCUT2D eigenvalue weighted by atomic mass is 32.1. The molecule has 0 saturated carbocycles. The van der Waals surface area contributed by atoms with E-state index in [0.717, 1.165) is 26.5 Å². The predicted molar refractivity (Wildman–Crippen MR) is 85.7 cm³/mol. The van der Waals surface area contributed by atoms with E-state index in [2.05, 4.69) is 20.7 Å². The monoisotopic (exact) mass is 329 g/mol. The van der Waals surface area contributed by atoms with Crippen LogP contribution in [0, 0.1) is 19.3 Å².